The summed E-state index contributed by atoms with van der Waals surface area (Å²) in [6.45, 7) is 2.35. The molecule has 2 atom stereocenters. The molecular formula is C12H12BrNO2. The zero-order valence-electron chi connectivity index (χ0n) is 8.94. The van der Waals surface area contributed by atoms with E-state index in [1.54, 1.807) is 0 Å². The Kier molecular flexibility index (Phi) is 3.29. The topological polar surface area (TPSA) is 42.2 Å². The van der Waals surface area contributed by atoms with Crippen LogP contribution in [0.4, 0.5) is 0 Å². The first-order chi connectivity index (χ1) is 7.64. The molecule has 0 saturated carbocycles. The van der Waals surface area contributed by atoms with E-state index in [-0.39, 0.29) is 6.10 Å². The summed E-state index contributed by atoms with van der Waals surface area (Å²) in [5.41, 5.74) is 0.969. The molecule has 0 radical (unpaired) electrons. The zero-order chi connectivity index (χ0) is 11.6. The molecule has 0 spiro atoms. The Morgan fingerprint density at radius 1 is 1.50 bits per heavy atom. The second-order valence-electron chi connectivity index (χ2n) is 3.87. The Bertz CT molecular complexity index is 412. The maximum atomic E-state index is 8.61. The number of halogens is 1. The van der Waals surface area contributed by atoms with Crippen molar-refractivity contribution in [2.45, 2.75) is 25.2 Å². The van der Waals surface area contributed by atoms with E-state index in [1.807, 2.05) is 31.2 Å². The molecule has 1 aromatic rings. The maximum absolute atomic E-state index is 8.61. The van der Waals surface area contributed by atoms with E-state index in [9.17, 15) is 0 Å². The molecule has 0 aliphatic carbocycles. The average molecular weight is 282 g/mol. The smallest absolute Gasteiger partial charge is 0.192 e. The minimum absolute atomic E-state index is 0.126. The van der Waals surface area contributed by atoms with Crippen molar-refractivity contribution < 1.29 is 9.47 Å². The third-order valence-electron chi connectivity index (χ3n) is 2.62. The molecular weight excluding hydrogens is 270 g/mol. The number of nitrogens with zero attached hydrogens (tertiary/aromatic N) is 1. The normalized spacial score (nSPS) is 28.9. The number of nitriles is 1. The van der Waals surface area contributed by atoms with Gasteiger partial charge >= 0.3 is 0 Å². The minimum Gasteiger partial charge on any atom is -0.343 e. The van der Waals surface area contributed by atoms with Crippen molar-refractivity contribution >= 4 is 15.9 Å². The molecule has 1 heterocycles. The van der Waals surface area contributed by atoms with Gasteiger partial charge in [-0.3, -0.25) is 0 Å². The number of hydrogen-bond donors (Lipinski definition) is 0. The van der Waals surface area contributed by atoms with Crippen LogP contribution in [0.2, 0.25) is 0 Å². The summed E-state index contributed by atoms with van der Waals surface area (Å²) in [6.07, 6.45) is 0.241. The van der Waals surface area contributed by atoms with E-state index >= 15 is 0 Å². The van der Waals surface area contributed by atoms with Gasteiger partial charge in [-0.15, -0.1) is 0 Å². The van der Waals surface area contributed by atoms with Crippen molar-refractivity contribution in [3.8, 4) is 6.07 Å². The van der Waals surface area contributed by atoms with Crippen molar-refractivity contribution in [1.29, 1.82) is 5.26 Å². The van der Waals surface area contributed by atoms with Crippen molar-refractivity contribution in [2.24, 2.45) is 0 Å². The lowest BCUT2D eigenvalue weighted by atomic mass is 10.1. The van der Waals surface area contributed by atoms with E-state index in [1.165, 1.54) is 0 Å². The molecule has 0 aromatic heterocycles. The summed E-state index contributed by atoms with van der Waals surface area (Å²) >= 11 is 3.38. The quantitative estimate of drug-likeness (QED) is 0.837. The molecule has 0 amide bonds. The summed E-state index contributed by atoms with van der Waals surface area (Å²) in [5, 5.41) is 8.61. The molecule has 1 fully saturated rings. The van der Waals surface area contributed by atoms with Crippen LogP contribution in [0, 0.1) is 11.3 Å². The van der Waals surface area contributed by atoms with Crippen molar-refractivity contribution in [3.05, 3.63) is 34.3 Å². The summed E-state index contributed by atoms with van der Waals surface area (Å²) in [5.74, 6) is -0.720. The fourth-order valence-electron chi connectivity index (χ4n) is 1.74. The van der Waals surface area contributed by atoms with Gasteiger partial charge < -0.3 is 9.47 Å². The third-order valence-corrected chi connectivity index (χ3v) is 3.15. The highest BCUT2D eigenvalue weighted by molar-refractivity contribution is 9.10. The van der Waals surface area contributed by atoms with Gasteiger partial charge in [-0.25, -0.2) is 0 Å². The molecule has 2 rings (SSSR count). The van der Waals surface area contributed by atoms with Crippen LogP contribution in [0.1, 0.15) is 18.9 Å². The second-order valence-corrected chi connectivity index (χ2v) is 4.78. The van der Waals surface area contributed by atoms with Crippen LogP contribution in [0.5, 0.6) is 0 Å². The van der Waals surface area contributed by atoms with Crippen LogP contribution in [0.25, 0.3) is 0 Å². The van der Waals surface area contributed by atoms with Gasteiger partial charge in [0, 0.05) is 10.0 Å². The first-order valence-corrected chi connectivity index (χ1v) is 5.88. The molecule has 1 aliphatic rings. The Morgan fingerprint density at radius 2 is 2.19 bits per heavy atom. The first-order valence-electron chi connectivity index (χ1n) is 5.09. The molecule has 1 aliphatic heterocycles. The molecule has 0 bridgehead atoms. The lowest BCUT2D eigenvalue weighted by molar-refractivity contribution is -0.161. The van der Waals surface area contributed by atoms with Gasteiger partial charge in [0.2, 0.25) is 0 Å². The number of benzene rings is 1. The lowest BCUT2D eigenvalue weighted by Gasteiger charge is -2.23. The van der Waals surface area contributed by atoms with Gasteiger partial charge in [-0.05, 0) is 19.1 Å². The van der Waals surface area contributed by atoms with Crippen LogP contribution in [0.15, 0.2) is 28.7 Å². The fraction of sp³-hybridized carbons (Fsp3) is 0.417. The summed E-state index contributed by atoms with van der Waals surface area (Å²) < 4.78 is 12.4. The van der Waals surface area contributed by atoms with Crippen molar-refractivity contribution in [3.63, 3.8) is 0 Å². The largest absolute Gasteiger partial charge is 0.343 e. The average Bonchev–Trinajstić information content (AvgIpc) is 2.63. The molecule has 2 unspecified atom stereocenters. The minimum atomic E-state index is -0.720. The number of hydrogen-bond acceptors (Lipinski definition) is 3. The van der Waals surface area contributed by atoms with Crippen LogP contribution in [-0.2, 0) is 15.3 Å². The Morgan fingerprint density at radius 3 is 2.81 bits per heavy atom. The maximum Gasteiger partial charge on any atom is 0.192 e. The van der Waals surface area contributed by atoms with Crippen molar-refractivity contribution in [1.82, 2.24) is 0 Å². The van der Waals surface area contributed by atoms with E-state index < -0.39 is 5.79 Å². The van der Waals surface area contributed by atoms with Crippen LogP contribution in [0.3, 0.4) is 0 Å². The van der Waals surface area contributed by atoms with Gasteiger partial charge in [0.15, 0.2) is 5.79 Å². The monoisotopic (exact) mass is 281 g/mol. The van der Waals surface area contributed by atoms with Crippen molar-refractivity contribution in [2.75, 3.05) is 6.61 Å². The highest BCUT2D eigenvalue weighted by Gasteiger charge is 2.38. The number of rotatable bonds is 2. The van der Waals surface area contributed by atoms with E-state index in [2.05, 4.69) is 22.0 Å². The molecule has 1 aromatic carbocycles. The Labute approximate surface area is 103 Å². The number of ether oxygens (including phenoxy) is 2. The summed E-state index contributed by atoms with van der Waals surface area (Å²) in [7, 11) is 0. The van der Waals surface area contributed by atoms with E-state index in [0.717, 1.165) is 10.0 Å². The first kappa shape index (κ1) is 11.6. The van der Waals surface area contributed by atoms with E-state index in [0.29, 0.717) is 13.0 Å². The van der Waals surface area contributed by atoms with Crippen LogP contribution >= 0.6 is 15.9 Å². The van der Waals surface area contributed by atoms with Gasteiger partial charge in [-0.2, -0.15) is 5.26 Å². The lowest BCUT2D eigenvalue weighted by Crippen LogP contribution is -2.23. The van der Waals surface area contributed by atoms with Gasteiger partial charge in [0.05, 0.1) is 25.2 Å². The van der Waals surface area contributed by atoms with Gasteiger partial charge in [0.25, 0.3) is 0 Å². The molecule has 0 N–H and O–H groups in total. The zero-order valence-corrected chi connectivity index (χ0v) is 10.5. The predicted octanol–water partition coefficient (Wildman–Crippen LogP) is 2.95. The summed E-state index contributed by atoms with van der Waals surface area (Å²) in [6, 6.07) is 9.91. The fourth-order valence-corrected chi connectivity index (χ4v) is 2.01. The third kappa shape index (κ3) is 2.27. The standard InChI is InChI=1S/C12H12BrNO2/c1-12(9-2-4-10(13)5-3-9)15-8-11(16-12)6-7-14/h2-5,11H,6,8H2,1H3. The molecule has 1 saturated heterocycles. The summed E-state index contributed by atoms with van der Waals surface area (Å²) in [4.78, 5) is 0. The van der Waals surface area contributed by atoms with Gasteiger partial charge in [0.1, 0.15) is 0 Å². The van der Waals surface area contributed by atoms with E-state index in [4.69, 9.17) is 14.7 Å². The Balaban J connectivity index is 2.15. The highest BCUT2D eigenvalue weighted by atomic mass is 79.9. The SMILES string of the molecule is CC1(c2ccc(Br)cc2)OCC(CC#N)O1. The molecule has 3 nitrogen and oxygen atoms in total. The van der Waals surface area contributed by atoms with Gasteiger partial charge in [-0.1, -0.05) is 28.1 Å². The predicted molar refractivity (Wildman–Crippen MR) is 62.5 cm³/mol. The molecule has 4 heteroatoms. The molecule has 16 heavy (non-hydrogen) atoms. The second kappa shape index (κ2) is 4.54. The van der Waals surface area contributed by atoms with Crippen LogP contribution in [-0.4, -0.2) is 12.7 Å². The highest BCUT2D eigenvalue weighted by Crippen LogP contribution is 2.34. The van der Waals surface area contributed by atoms with Crippen LogP contribution < -0.4 is 0 Å². The molecule has 84 valence electrons. The Hall–Kier alpha value is -0.890.